The fraction of sp³-hybridized carbons (Fsp3) is 0.333. The molecule has 1 aromatic carbocycles. The fourth-order valence-corrected chi connectivity index (χ4v) is 2.40. The molecule has 0 spiro atoms. The minimum atomic E-state index is -0.424. The summed E-state index contributed by atoms with van der Waals surface area (Å²) in [4.78, 5) is 16.0. The maximum absolute atomic E-state index is 12.2. The zero-order chi connectivity index (χ0) is 14.7. The molecule has 1 aliphatic rings. The monoisotopic (exact) mass is 287 g/mol. The number of carbonyl (C=O) groups excluding carboxylic acids is 1. The quantitative estimate of drug-likeness (QED) is 0.894. The van der Waals surface area contributed by atoms with Gasteiger partial charge in [0, 0.05) is 17.8 Å². The Bertz CT molecular complexity index is 612. The van der Waals surface area contributed by atoms with Gasteiger partial charge in [0.15, 0.2) is 12.2 Å². The molecule has 2 aromatic rings. The molecule has 6 nitrogen and oxygen atoms in total. The van der Waals surface area contributed by atoms with Crippen molar-refractivity contribution in [1.29, 1.82) is 0 Å². The summed E-state index contributed by atoms with van der Waals surface area (Å²) in [5, 5.41) is 2.86. The van der Waals surface area contributed by atoms with Crippen molar-refractivity contribution in [1.82, 2.24) is 4.98 Å². The standard InChI is InChI=1S/C15H17N3O3/c16-7-12-4-5-13(21-12)15(19)18-11-3-1-2-10(6-11)14-8-17-9-20-14/h1-3,6,8-9,12-13H,4-5,7,16H2,(H,18,19)/t12-,13+/m1/s1. The summed E-state index contributed by atoms with van der Waals surface area (Å²) in [6.07, 6.45) is 4.10. The molecule has 1 aromatic heterocycles. The molecule has 3 N–H and O–H groups in total. The molecule has 1 saturated heterocycles. The summed E-state index contributed by atoms with van der Waals surface area (Å²) < 4.78 is 10.8. The number of rotatable bonds is 4. The van der Waals surface area contributed by atoms with E-state index in [9.17, 15) is 4.79 Å². The number of nitrogens with one attached hydrogen (secondary N) is 1. The average Bonchev–Trinajstić information content (AvgIpc) is 3.19. The van der Waals surface area contributed by atoms with Crippen molar-refractivity contribution in [3.05, 3.63) is 36.9 Å². The Morgan fingerprint density at radius 1 is 1.43 bits per heavy atom. The lowest BCUT2D eigenvalue weighted by molar-refractivity contribution is -0.126. The molecule has 0 unspecified atom stereocenters. The van der Waals surface area contributed by atoms with Crippen molar-refractivity contribution >= 4 is 11.6 Å². The first kappa shape index (κ1) is 13.8. The van der Waals surface area contributed by atoms with E-state index in [1.807, 2.05) is 24.3 Å². The summed E-state index contributed by atoms with van der Waals surface area (Å²) in [6.45, 7) is 0.449. The van der Waals surface area contributed by atoms with Crippen molar-refractivity contribution in [2.24, 2.45) is 5.73 Å². The van der Waals surface area contributed by atoms with Crippen molar-refractivity contribution in [3.8, 4) is 11.3 Å². The van der Waals surface area contributed by atoms with Crippen LogP contribution in [0, 0.1) is 0 Å². The van der Waals surface area contributed by atoms with E-state index in [0.717, 1.165) is 12.0 Å². The van der Waals surface area contributed by atoms with E-state index >= 15 is 0 Å². The van der Waals surface area contributed by atoms with Crippen LogP contribution in [0.1, 0.15) is 12.8 Å². The Balaban J connectivity index is 1.68. The first-order valence-corrected chi connectivity index (χ1v) is 6.91. The highest BCUT2D eigenvalue weighted by molar-refractivity contribution is 5.94. The predicted molar refractivity (Wildman–Crippen MR) is 77.5 cm³/mol. The number of oxazole rings is 1. The van der Waals surface area contributed by atoms with Crippen LogP contribution in [-0.2, 0) is 9.53 Å². The Labute approximate surface area is 122 Å². The van der Waals surface area contributed by atoms with Crippen LogP contribution in [0.4, 0.5) is 5.69 Å². The third kappa shape index (κ3) is 3.12. The van der Waals surface area contributed by atoms with Gasteiger partial charge in [0.25, 0.3) is 5.91 Å². The normalized spacial score (nSPS) is 21.4. The van der Waals surface area contributed by atoms with Crippen LogP contribution in [0.2, 0.25) is 0 Å². The maximum atomic E-state index is 12.2. The molecule has 6 heteroatoms. The third-order valence-electron chi connectivity index (χ3n) is 3.51. The van der Waals surface area contributed by atoms with E-state index in [1.165, 1.54) is 6.39 Å². The number of amides is 1. The smallest absolute Gasteiger partial charge is 0.253 e. The van der Waals surface area contributed by atoms with Gasteiger partial charge in [-0.05, 0) is 25.0 Å². The number of hydrogen-bond acceptors (Lipinski definition) is 5. The molecule has 0 saturated carbocycles. The molecule has 1 fully saturated rings. The highest BCUT2D eigenvalue weighted by atomic mass is 16.5. The van der Waals surface area contributed by atoms with Crippen LogP contribution >= 0.6 is 0 Å². The zero-order valence-corrected chi connectivity index (χ0v) is 11.5. The van der Waals surface area contributed by atoms with E-state index in [4.69, 9.17) is 14.9 Å². The van der Waals surface area contributed by atoms with Crippen molar-refractivity contribution in [3.63, 3.8) is 0 Å². The van der Waals surface area contributed by atoms with Gasteiger partial charge in [0.05, 0.1) is 12.3 Å². The van der Waals surface area contributed by atoms with Gasteiger partial charge in [-0.3, -0.25) is 4.79 Å². The van der Waals surface area contributed by atoms with Crippen LogP contribution in [0.15, 0.2) is 41.3 Å². The number of carbonyl (C=O) groups is 1. The minimum Gasteiger partial charge on any atom is -0.444 e. The topological polar surface area (TPSA) is 90.4 Å². The van der Waals surface area contributed by atoms with Crippen LogP contribution in [0.25, 0.3) is 11.3 Å². The molecule has 21 heavy (non-hydrogen) atoms. The molecule has 2 heterocycles. The summed E-state index contributed by atoms with van der Waals surface area (Å²) in [7, 11) is 0. The molecular weight excluding hydrogens is 270 g/mol. The second kappa shape index (κ2) is 6.07. The average molecular weight is 287 g/mol. The molecule has 3 rings (SSSR count). The lowest BCUT2D eigenvalue weighted by atomic mass is 10.1. The SMILES string of the molecule is NC[C@H]1CC[C@@H](C(=O)Nc2cccc(-c3cnco3)c2)O1. The lowest BCUT2D eigenvalue weighted by Gasteiger charge is -2.13. The van der Waals surface area contributed by atoms with Crippen molar-refractivity contribution in [2.45, 2.75) is 25.0 Å². The van der Waals surface area contributed by atoms with Gasteiger partial charge in [0.2, 0.25) is 0 Å². The molecule has 0 radical (unpaired) electrons. The molecule has 1 aliphatic heterocycles. The number of anilines is 1. The summed E-state index contributed by atoms with van der Waals surface area (Å²) in [5.41, 5.74) is 7.11. The van der Waals surface area contributed by atoms with Crippen LogP contribution in [0.5, 0.6) is 0 Å². The van der Waals surface area contributed by atoms with Crippen molar-refractivity contribution < 1.29 is 13.9 Å². The lowest BCUT2D eigenvalue weighted by Crippen LogP contribution is -2.29. The van der Waals surface area contributed by atoms with Gasteiger partial charge >= 0.3 is 0 Å². The number of benzene rings is 1. The Morgan fingerprint density at radius 2 is 2.33 bits per heavy atom. The highest BCUT2D eigenvalue weighted by Gasteiger charge is 2.29. The van der Waals surface area contributed by atoms with E-state index in [0.29, 0.717) is 24.4 Å². The summed E-state index contributed by atoms with van der Waals surface area (Å²) >= 11 is 0. The Kier molecular flexibility index (Phi) is 3.98. The highest BCUT2D eigenvalue weighted by Crippen LogP contribution is 2.24. The molecule has 1 amide bonds. The van der Waals surface area contributed by atoms with Gasteiger partial charge in [0.1, 0.15) is 6.10 Å². The van der Waals surface area contributed by atoms with Crippen LogP contribution < -0.4 is 11.1 Å². The van der Waals surface area contributed by atoms with Crippen LogP contribution in [-0.4, -0.2) is 29.6 Å². The zero-order valence-electron chi connectivity index (χ0n) is 11.5. The first-order chi connectivity index (χ1) is 10.3. The summed E-state index contributed by atoms with van der Waals surface area (Å²) in [5.74, 6) is 0.520. The second-order valence-corrected chi connectivity index (χ2v) is 5.00. The van der Waals surface area contributed by atoms with E-state index in [-0.39, 0.29) is 12.0 Å². The van der Waals surface area contributed by atoms with Gasteiger partial charge in [-0.1, -0.05) is 12.1 Å². The number of aromatic nitrogens is 1. The number of hydrogen-bond donors (Lipinski definition) is 2. The first-order valence-electron chi connectivity index (χ1n) is 6.91. The molecular formula is C15H17N3O3. The number of nitrogens with zero attached hydrogens (tertiary/aromatic N) is 1. The number of nitrogens with two attached hydrogens (primary N) is 1. The Morgan fingerprint density at radius 3 is 3.05 bits per heavy atom. The number of ether oxygens (including phenoxy) is 1. The van der Waals surface area contributed by atoms with Gasteiger partial charge in [-0.25, -0.2) is 4.98 Å². The maximum Gasteiger partial charge on any atom is 0.253 e. The molecule has 2 atom stereocenters. The fourth-order valence-electron chi connectivity index (χ4n) is 2.40. The van der Waals surface area contributed by atoms with Crippen molar-refractivity contribution in [2.75, 3.05) is 11.9 Å². The molecule has 0 bridgehead atoms. The summed E-state index contributed by atoms with van der Waals surface area (Å²) in [6, 6.07) is 7.42. The van der Waals surface area contributed by atoms with Gasteiger partial charge in [-0.2, -0.15) is 0 Å². The Hall–Kier alpha value is -2.18. The minimum absolute atomic E-state index is 0.0127. The van der Waals surface area contributed by atoms with Crippen LogP contribution in [0.3, 0.4) is 0 Å². The van der Waals surface area contributed by atoms with E-state index in [1.54, 1.807) is 6.20 Å². The van der Waals surface area contributed by atoms with Gasteiger partial charge in [-0.15, -0.1) is 0 Å². The second-order valence-electron chi connectivity index (χ2n) is 5.00. The predicted octanol–water partition coefficient (Wildman–Crippen LogP) is 1.79. The molecule has 0 aliphatic carbocycles. The third-order valence-corrected chi connectivity index (χ3v) is 3.51. The molecule has 110 valence electrons. The van der Waals surface area contributed by atoms with E-state index in [2.05, 4.69) is 10.3 Å². The van der Waals surface area contributed by atoms with Gasteiger partial charge < -0.3 is 20.2 Å². The largest absolute Gasteiger partial charge is 0.444 e. The van der Waals surface area contributed by atoms with E-state index < -0.39 is 6.10 Å².